The number of nitrogens with one attached hydrogen (secondary N) is 1. The smallest absolute Gasteiger partial charge is 0.253 e. The van der Waals surface area contributed by atoms with Gasteiger partial charge in [0, 0.05) is 6.54 Å². The van der Waals surface area contributed by atoms with Crippen LogP contribution in [-0.4, -0.2) is 28.3 Å². The van der Waals surface area contributed by atoms with Gasteiger partial charge in [-0.2, -0.15) is 0 Å². The highest BCUT2D eigenvalue weighted by atomic mass is 35.5. The summed E-state index contributed by atoms with van der Waals surface area (Å²) in [5.74, 6) is -0.429. The van der Waals surface area contributed by atoms with Crippen LogP contribution < -0.4 is 5.32 Å². The molecule has 1 aromatic carbocycles. The van der Waals surface area contributed by atoms with Crippen LogP contribution in [0.2, 0.25) is 5.02 Å². The monoisotopic (exact) mass is 271 g/mol. The zero-order valence-corrected chi connectivity index (χ0v) is 11.3. The fraction of sp³-hybridized carbons (Fsp3) is 0.462. The lowest BCUT2D eigenvalue weighted by molar-refractivity contribution is 0.0314. The second-order valence-corrected chi connectivity index (χ2v) is 4.69. The molecular formula is C13H18ClNO3. The van der Waals surface area contributed by atoms with Gasteiger partial charge in [0.25, 0.3) is 5.91 Å². The lowest BCUT2D eigenvalue weighted by atomic mass is 9.97. The molecule has 100 valence electrons. The summed E-state index contributed by atoms with van der Waals surface area (Å²) in [4.78, 5) is 11.9. The first kappa shape index (κ1) is 14.8. The molecule has 0 aromatic heterocycles. The van der Waals surface area contributed by atoms with Crippen LogP contribution in [0.5, 0.6) is 5.75 Å². The van der Waals surface area contributed by atoms with E-state index in [0.29, 0.717) is 12.8 Å². The summed E-state index contributed by atoms with van der Waals surface area (Å²) in [6.45, 7) is 3.87. The van der Waals surface area contributed by atoms with Crippen molar-refractivity contribution in [1.82, 2.24) is 5.32 Å². The first-order chi connectivity index (χ1) is 8.41. The van der Waals surface area contributed by atoms with E-state index in [9.17, 15) is 15.0 Å². The van der Waals surface area contributed by atoms with Gasteiger partial charge >= 0.3 is 0 Å². The van der Waals surface area contributed by atoms with Crippen molar-refractivity contribution in [3.63, 3.8) is 0 Å². The molecule has 0 atom stereocenters. The zero-order valence-electron chi connectivity index (χ0n) is 10.5. The summed E-state index contributed by atoms with van der Waals surface area (Å²) in [5, 5.41) is 22.3. The molecule has 5 heteroatoms. The van der Waals surface area contributed by atoms with Gasteiger partial charge in [-0.3, -0.25) is 4.79 Å². The standard InChI is InChI=1S/C13H18ClNO3/c1-3-13(18,4-2)8-15-12(17)10-7-9(16)5-6-11(10)14/h5-7,16,18H,3-4,8H2,1-2H3,(H,15,17). The molecular weight excluding hydrogens is 254 g/mol. The van der Waals surface area contributed by atoms with Crippen LogP contribution in [0, 0.1) is 0 Å². The van der Waals surface area contributed by atoms with Crippen molar-refractivity contribution in [1.29, 1.82) is 0 Å². The number of phenols is 1. The summed E-state index contributed by atoms with van der Waals surface area (Å²) in [5.41, 5.74) is -0.704. The molecule has 0 saturated carbocycles. The van der Waals surface area contributed by atoms with Crippen molar-refractivity contribution in [2.75, 3.05) is 6.54 Å². The van der Waals surface area contributed by atoms with Crippen molar-refractivity contribution < 1.29 is 15.0 Å². The van der Waals surface area contributed by atoms with Crippen molar-refractivity contribution >= 4 is 17.5 Å². The molecule has 1 rings (SSSR count). The lowest BCUT2D eigenvalue weighted by Gasteiger charge is -2.25. The maximum atomic E-state index is 11.9. The lowest BCUT2D eigenvalue weighted by Crippen LogP contribution is -2.42. The molecule has 0 saturated heterocycles. The first-order valence-electron chi connectivity index (χ1n) is 5.91. The van der Waals surface area contributed by atoms with Gasteiger partial charge in [0.05, 0.1) is 16.2 Å². The van der Waals surface area contributed by atoms with Crippen LogP contribution >= 0.6 is 11.6 Å². The Hall–Kier alpha value is -1.26. The average Bonchev–Trinajstić information content (AvgIpc) is 2.38. The molecule has 1 aromatic rings. The second kappa shape index (κ2) is 6.07. The largest absolute Gasteiger partial charge is 0.508 e. The molecule has 3 N–H and O–H groups in total. The number of carbonyl (C=O) groups excluding carboxylic acids is 1. The topological polar surface area (TPSA) is 69.6 Å². The molecule has 0 aliphatic heterocycles. The molecule has 0 aliphatic rings. The Balaban J connectivity index is 2.74. The molecule has 1 amide bonds. The van der Waals surface area contributed by atoms with Gasteiger partial charge in [0.2, 0.25) is 0 Å². The number of hydrogen-bond acceptors (Lipinski definition) is 3. The molecule has 0 unspecified atom stereocenters. The van der Waals surface area contributed by atoms with Gasteiger partial charge in [0.15, 0.2) is 0 Å². The van der Waals surface area contributed by atoms with E-state index in [2.05, 4.69) is 5.32 Å². The van der Waals surface area contributed by atoms with Crippen LogP contribution in [0.1, 0.15) is 37.0 Å². The SMILES string of the molecule is CCC(O)(CC)CNC(=O)c1cc(O)ccc1Cl. The van der Waals surface area contributed by atoms with E-state index in [1.807, 2.05) is 13.8 Å². The van der Waals surface area contributed by atoms with E-state index in [1.54, 1.807) is 0 Å². The highest BCUT2D eigenvalue weighted by Crippen LogP contribution is 2.21. The average molecular weight is 272 g/mol. The van der Waals surface area contributed by atoms with E-state index in [-0.39, 0.29) is 22.9 Å². The number of aromatic hydroxyl groups is 1. The molecule has 18 heavy (non-hydrogen) atoms. The highest BCUT2D eigenvalue weighted by molar-refractivity contribution is 6.33. The van der Waals surface area contributed by atoms with Crippen LogP contribution in [0.4, 0.5) is 0 Å². The Morgan fingerprint density at radius 3 is 2.56 bits per heavy atom. The summed E-state index contributed by atoms with van der Waals surface area (Å²) in [6.07, 6.45) is 1.11. The molecule has 0 heterocycles. The van der Waals surface area contributed by atoms with Crippen molar-refractivity contribution in [3.05, 3.63) is 28.8 Å². The van der Waals surface area contributed by atoms with Gasteiger partial charge in [-0.15, -0.1) is 0 Å². The number of carbonyl (C=O) groups is 1. The normalized spacial score (nSPS) is 11.3. The maximum Gasteiger partial charge on any atom is 0.253 e. The van der Waals surface area contributed by atoms with Gasteiger partial charge in [-0.25, -0.2) is 0 Å². The Labute approximate surface area is 112 Å². The first-order valence-corrected chi connectivity index (χ1v) is 6.28. The van der Waals surface area contributed by atoms with E-state index in [1.165, 1.54) is 18.2 Å². The fourth-order valence-electron chi connectivity index (χ4n) is 1.53. The molecule has 4 nitrogen and oxygen atoms in total. The number of aliphatic hydroxyl groups is 1. The summed E-state index contributed by atoms with van der Waals surface area (Å²) in [6, 6.07) is 4.17. The maximum absolute atomic E-state index is 11.9. The van der Waals surface area contributed by atoms with Gasteiger partial charge in [-0.05, 0) is 31.0 Å². The Morgan fingerprint density at radius 2 is 2.00 bits per heavy atom. The summed E-state index contributed by atoms with van der Waals surface area (Å²) in [7, 11) is 0. The van der Waals surface area contributed by atoms with E-state index in [4.69, 9.17) is 11.6 Å². The molecule has 0 radical (unpaired) electrons. The zero-order chi connectivity index (χ0) is 13.8. The Morgan fingerprint density at radius 1 is 1.39 bits per heavy atom. The van der Waals surface area contributed by atoms with E-state index < -0.39 is 11.5 Å². The van der Waals surface area contributed by atoms with Crippen molar-refractivity contribution in [3.8, 4) is 5.75 Å². The number of benzene rings is 1. The molecule has 0 bridgehead atoms. The Bertz CT molecular complexity index is 430. The Kier molecular flexibility index (Phi) is 4.99. The summed E-state index contributed by atoms with van der Waals surface area (Å²) < 4.78 is 0. The number of rotatable bonds is 5. The third-order valence-electron chi connectivity index (χ3n) is 3.09. The van der Waals surface area contributed by atoms with Gasteiger partial charge in [0.1, 0.15) is 5.75 Å². The molecule has 0 spiro atoms. The number of hydrogen-bond donors (Lipinski definition) is 3. The molecule has 0 aliphatic carbocycles. The molecule has 0 fully saturated rings. The van der Waals surface area contributed by atoms with E-state index in [0.717, 1.165) is 0 Å². The number of halogens is 1. The van der Waals surface area contributed by atoms with Crippen LogP contribution in [-0.2, 0) is 0 Å². The quantitative estimate of drug-likeness (QED) is 0.770. The fourth-order valence-corrected chi connectivity index (χ4v) is 1.73. The number of amides is 1. The highest BCUT2D eigenvalue weighted by Gasteiger charge is 2.23. The summed E-state index contributed by atoms with van der Waals surface area (Å²) >= 11 is 5.87. The van der Waals surface area contributed by atoms with Crippen molar-refractivity contribution in [2.24, 2.45) is 0 Å². The van der Waals surface area contributed by atoms with Crippen LogP contribution in [0.3, 0.4) is 0 Å². The van der Waals surface area contributed by atoms with Crippen LogP contribution in [0.15, 0.2) is 18.2 Å². The van der Waals surface area contributed by atoms with Gasteiger partial charge < -0.3 is 15.5 Å². The predicted molar refractivity (Wildman–Crippen MR) is 71.0 cm³/mol. The van der Waals surface area contributed by atoms with Crippen LogP contribution in [0.25, 0.3) is 0 Å². The minimum absolute atomic E-state index is 0.0224. The minimum Gasteiger partial charge on any atom is -0.508 e. The number of phenolic OH excluding ortho intramolecular Hbond substituents is 1. The second-order valence-electron chi connectivity index (χ2n) is 4.28. The third kappa shape index (κ3) is 3.62. The van der Waals surface area contributed by atoms with Gasteiger partial charge in [-0.1, -0.05) is 25.4 Å². The third-order valence-corrected chi connectivity index (χ3v) is 3.42. The van der Waals surface area contributed by atoms with Crippen molar-refractivity contribution in [2.45, 2.75) is 32.3 Å². The predicted octanol–water partition coefficient (Wildman–Crippen LogP) is 2.33. The minimum atomic E-state index is -0.904. The van der Waals surface area contributed by atoms with E-state index >= 15 is 0 Å².